The molecule has 6 nitrogen and oxygen atoms in total. The third-order valence-corrected chi connectivity index (χ3v) is 5.55. The number of hydrogen-bond acceptors (Lipinski definition) is 4. The van der Waals surface area contributed by atoms with Crippen LogP contribution in [-0.4, -0.2) is 36.4 Å². The number of aromatic hydroxyl groups is 1. The van der Waals surface area contributed by atoms with Crippen molar-refractivity contribution in [3.05, 3.63) is 59.2 Å². The Labute approximate surface area is 178 Å². The summed E-state index contributed by atoms with van der Waals surface area (Å²) in [4.78, 5) is 13.6. The second kappa shape index (κ2) is 10.8. The molecule has 160 valence electrons. The maximum Gasteiger partial charge on any atom is 0.277 e. The van der Waals surface area contributed by atoms with E-state index in [2.05, 4.69) is 17.5 Å². The second-order valence-electron chi connectivity index (χ2n) is 7.85. The summed E-state index contributed by atoms with van der Waals surface area (Å²) in [6, 6.07) is 13.2. The maximum absolute atomic E-state index is 12.1. The van der Waals surface area contributed by atoms with Crippen LogP contribution in [0.1, 0.15) is 49.8 Å². The minimum atomic E-state index is -0.314. The topological polar surface area (TPSA) is 75.4 Å². The molecule has 2 aromatic carbocycles. The van der Waals surface area contributed by atoms with Gasteiger partial charge in [-0.15, -0.1) is 0 Å². The van der Waals surface area contributed by atoms with Crippen molar-refractivity contribution in [3.8, 4) is 11.5 Å². The minimum absolute atomic E-state index is 0.0958. The first-order valence-corrected chi connectivity index (χ1v) is 10.8. The monoisotopic (exact) mass is 410 g/mol. The standard InChI is InChI=1S/C24H31N3O3/c1-3-19-7-10-22(11-8-19)30-17-24(29)26-25-18(2)20-9-12-23(28)21(15-20)16-27-13-5-4-6-14-27/h7-12,15,28H,3-6,13-14,16-17H2,1-2H3,(H,26,29)/p+1/b25-18+. The highest BCUT2D eigenvalue weighted by Crippen LogP contribution is 2.18. The Hall–Kier alpha value is -2.86. The number of hydrogen-bond donors (Lipinski definition) is 3. The third kappa shape index (κ3) is 6.32. The molecule has 1 amide bonds. The van der Waals surface area contributed by atoms with Gasteiger partial charge in [-0.1, -0.05) is 19.1 Å². The smallest absolute Gasteiger partial charge is 0.277 e. The van der Waals surface area contributed by atoms with Crippen LogP contribution in [0.4, 0.5) is 0 Å². The van der Waals surface area contributed by atoms with Gasteiger partial charge in [-0.25, -0.2) is 5.43 Å². The van der Waals surface area contributed by atoms with E-state index in [1.165, 1.54) is 29.7 Å². The van der Waals surface area contributed by atoms with Crippen LogP contribution in [0.25, 0.3) is 0 Å². The molecule has 3 rings (SSSR count). The van der Waals surface area contributed by atoms with Crippen LogP contribution in [0.15, 0.2) is 47.6 Å². The molecular formula is C24H32N3O3+. The highest BCUT2D eigenvalue weighted by molar-refractivity contribution is 5.99. The molecule has 0 spiro atoms. The van der Waals surface area contributed by atoms with Gasteiger partial charge in [-0.2, -0.15) is 5.10 Å². The number of carbonyl (C=O) groups is 1. The summed E-state index contributed by atoms with van der Waals surface area (Å²) in [6.07, 6.45) is 4.75. The molecule has 1 fully saturated rings. The van der Waals surface area contributed by atoms with Crippen LogP contribution >= 0.6 is 0 Å². The number of nitrogens with one attached hydrogen (secondary N) is 2. The van der Waals surface area contributed by atoms with Crippen molar-refractivity contribution in [2.45, 2.75) is 46.1 Å². The number of carbonyl (C=O) groups excluding carboxylic acids is 1. The predicted molar refractivity (Wildman–Crippen MR) is 118 cm³/mol. The first-order chi connectivity index (χ1) is 14.5. The van der Waals surface area contributed by atoms with E-state index >= 15 is 0 Å². The van der Waals surface area contributed by atoms with Crippen molar-refractivity contribution >= 4 is 11.6 Å². The molecule has 0 saturated carbocycles. The van der Waals surface area contributed by atoms with Crippen LogP contribution < -0.4 is 15.1 Å². The summed E-state index contributed by atoms with van der Waals surface area (Å²) in [5, 5.41) is 14.4. The summed E-state index contributed by atoms with van der Waals surface area (Å²) >= 11 is 0. The molecule has 0 unspecified atom stereocenters. The molecule has 3 N–H and O–H groups in total. The number of piperidine rings is 1. The fourth-order valence-electron chi connectivity index (χ4n) is 3.66. The van der Waals surface area contributed by atoms with E-state index < -0.39 is 0 Å². The van der Waals surface area contributed by atoms with E-state index in [1.807, 2.05) is 43.3 Å². The second-order valence-corrected chi connectivity index (χ2v) is 7.85. The van der Waals surface area contributed by atoms with E-state index in [1.54, 1.807) is 6.07 Å². The van der Waals surface area contributed by atoms with Crippen molar-refractivity contribution in [3.63, 3.8) is 0 Å². The highest BCUT2D eigenvalue weighted by atomic mass is 16.5. The maximum atomic E-state index is 12.1. The fourth-order valence-corrected chi connectivity index (χ4v) is 3.66. The Morgan fingerprint density at radius 3 is 2.57 bits per heavy atom. The number of ether oxygens (including phenoxy) is 1. The first kappa shape index (κ1) is 21.8. The molecule has 6 heteroatoms. The van der Waals surface area contributed by atoms with E-state index in [0.717, 1.165) is 37.2 Å². The van der Waals surface area contributed by atoms with Gasteiger partial charge in [0.25, 0.3) is 5.91 Å². The van der Waals surface area contributed by atoms with Gasteiger partial charge >= 0.3 is 0 Å². The van der Waals surface area contributed by atoms with Crippen molar-refractivity contribution in [2.24, 2.45) is 5.10 Å². The van der Waals surface area contributed by atoms with Crippen LogP contribution in [0.3, 0.4) is 0 Å². The number of hydrazone groups is 1. The van der Waals surface area contributed by atoms with Gasteiger partial charge in [0.05, 0.1) is 18.8 Å². The van der Waals surface area contributed by atoms with Crippen molar-refractivity contribution < 1.29 is 19.5 Å². The van der Waals surface area contributed by atoms with Gasteiger partial charge < -0.3 is 14.7 Å². The Morgan fingerprint density at radius 1 is 1.13 bits per heavy atom. The predicted octanol–water partition coefficient (Wildman–Crippen LogP) is 2.44. The summed E-state index contributed by atoms with van der Waals surface area (Å²) in [6.45, 7) is 6.94. The number of phenolic OH excluding ortho intramolecular Hbond substituents is 1. The lowest BCUT2D eigenvalue weighted by molar-refractivity contribution is -0.918. The van der Waals surface area contributed by atoms with E-state index in [-0.39, 0.29) is 12.5 Å². The molecule has 0 aliphatic carbocycles. The van der Waals surface area contributed by atoms with E-state index in [4.69, 9.17) is 4.74 Å². The Kier molecular flexibility index (Phi) is 7.85. The molecule has 1 aliphatic rings. The SMILES string of the molecule is CCc1ccc(OCC(=O)N/N=C(\C)c2ccc(O)c(C[NH+]3CCCCC3)c2)cc1. The molecule has 1 saturated heterocycles. The Bertz CT molecular complexity index is 872. The highest BCUT2D eigenvalue weighted by Gasteiger charge is 2.16. The number of nitrogens with zero attached hydrogens (tertiary/aromatic N) is 1. The Balaban J connectivity index is 1.54. The molecule has 0 bridgehead atoms. The first-order valence-electron chi connectivity index (χ1n) is 10.8. The number of benzene rings is 2. The lowest BCUT2D eigenvalue weighted by Crippen LogP contribution is -3.11. The number of aryl methyl sites for hydroxylation is 1. The van der Waals surface area contributed by atoms with Crippen LogP contribution in [0, 0.1) is 0 Å². The summed E-state index contributed by atoms with van der Waals surface area (Å²) in [7, 11) is 0. The molecule has 30 heavy (non-hydrogen) atoms. The zero-order valence-electron chi connectivity index (χ0n) is 17.9. The lowest BCUT2D eigenvalue weighted by Gasteiger charge is -2.24. The van der Waals surface area contributed by atoms with E-state index in [9.17, 15) is 9.90 Å². The minimum Gasteiger partial charge on any atom is -0.507 e. The van der Waals surface area contributed by atoms with Crippen molar-refractivity contribution in [2.75, 3.05) is 19.7 Å². The molecule has 2 aromatic rings. The van der Waals surface area contributed by atoms with Gasteiger partial charge in [0.1, 0.15) is 18.0 Å². The normalized spacial score (nSPS) is 15.1. The number of amides is 1. The summed E-state index contributed by atoms with van der Waals surface area (Å²) < 4.78 is 5.51. The lowest BCUT2D eigenvalue weighted by atomic mass is 10.0. The fraction of sp³-hybridized carbons (Fsp3) is 0.417. The summed E-state index contributed by atoms with van der Waals surface area (Å²) in [5.74, 6) is 0.660. The number of rotatable bonds is 8. The molecule has 0 aromatic heterocycles. The quantitative estimate of drug-likeness (QED) is 0.462. The van der Waals surface area contributed by atoms with Gasteiger partial charge in [-0.3, -0.25) is 4.79 Å². The van der Waals surface area contributed by atoms with Gasteiger partial charge in [0, 0.05) is 5.56 Å². The molecule has 1 heterocycles. The van der Waals surface area contributed by atoms with Crippen LogP contribution in [0.2, 0.25) is 0 Å². The average Bonchev–Trinajstić information content (AvgIpc) is 2.78. The van der Waals surface area contributed by atoms with Gasteiger partial charge in [0.2, 0.25) is 0 Å². The average molecular weight is 411 g/mol. The van der Waals surface area contributed by atoms with Crippen LogP contribution in [0.5, 0.6) is 11.5 Å². The van der Waals surface area contributed by atoms with Gasteiger partial charge in [-0.05, 0) is 74.1 Å². The van der Waals surface area contributed by atoms with E-state index in [0.29, 0.717) is 17.2 Å². The molecule has 0 atom stereocenters. The molecular weight excluding hydrogens is 378 g/mol. The zero-order valence-corrected chi connectivity index (χ0v) is 17.9. The number of phenols is 1. The molecule has 1 aliphatic heterocycles. The summed E-state index contributed by atoms with van der Waals surface area (Å²) in [5.41, 5.74) is 6.26. The largest absolute Gasteiger partial charge is 0.507 e. The number of quaternary nitrogens is 1. The molecule has 0 radical (unpaired) electrons. The van der Waals surface area contributed by atoms with Crippen molar-refractivity contribution in [1.82, 2.24) is 5.43 Å². The zero-order chi connectivity index (χ0) is 21.3. The van der Waals surface area contributed by atoms with Crippen molar-refractivity contribution in [1.29, 1.82) is 0 Å². The Morgan fingerprint density at radius 2 is 1.87 bits per heavy atom. The van der Waals surface area contributed by atoms with Crippen LogP contribution in [-0.2, 0) is 17.8 Å². The van der Waals surface area contributed by atoms with Gasteiger partial charge in [0.15, 0.2) is 6.61 Å². The number of likely N-dealkylation sites (tertiary alicyclic amines) is 1. The third-order valence-electron chi connectivity index (χ3n) is 5.55.